The molecule has 3 rings (SSSR count). The summed E-state index contributed by atoms with van der Waals surface area (Å²) in [6.45, 7) is 0. The Kier molecular flexibility index (Phi) is 5.30. The average molecular weight is 421 g/mol. The summed E-state index contributed by atoms with van der Waals surface area (Å²) in [5, 5.41) is 2.33. The molecule has 0 aliphatic heterocycles. The number of carbonyl (C=O) groups is 1. The molecule has 8 nitrogen and oxygen atoms in total. The minimum atomic E-state index is -4.21. The van der Waals surface area contributed by atoms with Gasteiger partial charge in [-0.15, -0.1) is 0 Å². The summed E-state index contributed by atoms with van der Waals surface area (Å²) in [5.74, 6) is 0. The first-order chi connectivity index (χ1) is 13.2. The Bertz CT molecular complexity index is 1200. The number of nitrogens with one attached hydrogen (secondary N) is 2. The first kappa shape index (κ1) is 19.7. The molecule has 1 heterocycles. The van der Waals surface area contributed by atoms with Gasteiger partial charge in [-0.05, 0) is 12.1 Å². The van der Waals surface area contributed by atoms with Gasteiger partial charge in [-0.1, -0.05) is 54.1 Å². The van der Waals surface area contributed by atoms with Crippen molar-refractivity contribution in [1.82, 2.24) is 14.1 Å². The standard InChI is InChI=1S/C18H17ClN4O4S/c1-22-16(12-8-4-3-5-9-12)15(17(24)23(22)2)20-18(25)21-28(26,27)14-11-7-6-10-13(14)19/h3-11H,1-2H3,(H2,20,21,25). The van der Waals surface area contributed by atoms with Gasteiger partial charge in [0.15, 0.2) is 0 Å². The molecule has 146 valence electrons. The molecule has 0 aliphatic rings. The lowest BCUT2D eigenvalue weighted by atomic mass is 10.1. The summed E-state index contributed by atoms with van der Waals surface area (Å²) in [7, 11) is -1.01. The molecule has 0 unspecified atom stereocenters. The predicted molar refractivity (Wildman–Crippen MR) is 107 cm³/mol. The third-order valence-corrected chi connectivity index (χ3v) is 5.99. The van der Waals surface area contributed by atoms with Crippen molar-refractivity contribution in [1.29, 1.82) is 0 Å². The fourth-order valence-electron chi connectivity index (χ4n) is 2.73. The lowest BCUT2D eigenvalue weighted by Gasteiger charge is -2.10. The van der Waals surface area contributed by atoms with Crippen LogP contribution in [0.2, 0.25) is 5.02 Å². The van der Waals surface area contributed by atoms with Crippen molar-refractivity contribution in [3.05, 3.63) is 70.0 Å². The minimum Gasteiger partial charge on any atom is -0.300 e. The highest BCUT2D eigenvalue weighted by Crippen LogP contribution is 2.25. The van der Waals surface area contributed by atoms with Crippen molar-refractivity contribution < 1.29 is 13.2 Å². The first-order valence-electron chi connectivity index (χ1n) is 8.12. The van der Waals surface area contributed by atoms with Crippen LogP contribution in [0.15, 0.2) is 64.3 Å². The maximum Gasteiger partial charge on any atom is 0.333 e. The van der Waals surface area contributed by atoms with Crippen molar-refractivity contribution >= 4 is 33.3 Å². The predicted octanol–water partition coefficient (Wildman–Crippen LogP) is 2.55. The number of carbonyl (C=O) groups excluding carboxylic acids is 1. The number of rotatable bonds is 4. The Morgan fingerprint density at radius 1 is 0.964 bits per heavy atom. The number of halogens is 1. The summed E-state index contributed by atoms with van der Waals surface area (Å²) in [6.07, 6.45) is 0. The molecule has 0 saturated carbocycles. The van der Waals surface area contributed by atoms with Crippen LogP contribution in [0.4, 0.5) is 10.5 Å². The summed E-state index contributed by atoms with van der Waals surface area (Å²) in [6, 6.07) is 13.6. The van der Waals surface area contributed by atoms with Gasteiger partial charge in [0.1, 0.15) is 10.6 Å². The highest BCUT2D eigenvalue weighted by atomic mass is 35.5. The number of hydrogen-bond acceptors (Lipinski definition) is 4. The summed E-state index contributed by atoms with van der Waals surface area (Å²) < 4.78 is 29.6. The molecule has 2 amide bonds. The van der Waals surface area contributed by atoms with Crippen LogP contribution in [-0.4, -0.2) is 23.8 Å². The molecule has 3 aromatic rings. The number of benzene rings is 2. The lowest BCUT2D eigenvalue weighted by molar-refractivity contribution is 0.256. The van der Waals surface area contributed by atoms with E-state index in [0.717, 1.165) is 0 Å². The van der Waals surface area contributed by atoms with E-state index in [0.29, 0.717) is 11.3 Å². The monoisotopic (exact) mass is 420 g/mol. The molecule has 28 heavy (non-hydrogen) atoms. The molecule has 0 bridgehead atoms. The van der Waals surface area contributed by atoms with Gasteiger partial charge in [0.05, 0.1) is 10.7 Å². The van der Waals surface area contributed by atoms with Crippen LogP contribution in [0.1, 0.15) is 0 Å². The van der Waals surface area contributed by atoms with Crippen molar-refractivity contribution in [2.75, 3.05) is 5.32 Å². The molecule has 0 aliphatic carbocycles. The summed E-state index contributed by atoms with van der Waals surface area (Å²) >= 11 is 5.90. The van der Waals surface area contributed by atoms with Crippen molar-refractivity contribution in [3.8, 4) is 11.3 Å². The van der Waals surface area contributed by atoms with Gasteiger partial charge in [-0.3, -0.25) is 14.2 Å². The highest BCUT2D eigenvalue weighted by molar-refractivity contribution is 7.90. The Labute approximate surface area is 166 Å². The summed E-state index contributed by atoms with van der Waals surface area (Å²) in [4.78, 5) is 24.7. The van der Waals surface area contributed by atoms with E-state index >= 15 is 0 Å². The van der Waals surface area contributed by atoms with Gasteiger partial charge in [0.25, 0.3) is 15.6 Å². The second-order valence-electron chi connectivity index (χ2n) is 5.93. The number of sulfonamides is 1. The molecule has 0 saturated heterocycles. The van der Waals surface area contributed by atoms with Crippen LogP contribution in [0.5, 0.6) is 0 Å². The molecule has 0 fully saturated rings. The fraction of sp³-hybridized carbons (Fsp3) is 0.111. The molecule has 0 radical (unpaired) electrons. The lowest BCUT2D eigenvalue weighted by Crippen LogP contribution is -2.35. The number of hydrogen-bond donors (Lipinski definition) is 2. The van der Waals surface area contributed by atoms with E-state index in [1.165, 1.54) is 22.9 Å². The zero-order chi connectivity index (χ0) is 20.5. The maximum absolute atomic E-state index is 12.5. The zero-order valence-electron chi connectivity index (χ0n) is 15.0. The van der Waals surface area contributed by atoms with Crippen LogP contribution >= 0.6 is 11.6 Å². The molecule has 1 aromatic heterocycles. The fourth-order valence-corrected chi connectivity index (χ4v) is 4.16. The molecule has 10 heteroatoms. The normalized spacial score (nSPS) is 11.2. The Morgan fingerprint density at radius 2 is 1.57 bits per heavy atom. The van der Waals surface area contributed by atoms with E-state index in [4.69, 9.17) is 11.6 Å². The highest BCUT2D eigenvalue weighted by Gasteiger charge is 2.24. The van der Waals surface area contributed by atoms with Crippen LogP contribution in [-0.2, 0) is 24.1 Å². The third kappa shape index (κ3) is 3.67. The van der Waals surface area contributed by atoms with Crippen molar-refractivity contribution in [3.63, 3.8) is 0 Å². The van der Waals surface area contributed by atoms with E-state index in [-0.39, 0.29) is 15.6 Å². The van der Waals surface area contributed by atoms with Crippen LogP contribution < -0.4 is 15.6 Å². The first-order valence-corrected chi connectivity index (χ1v) is 9.98. The Morgan fingerprint density at radius 3 is 2.21 bits per heavy atom. The molecule has 0 spiro atoms. The maximum atomic E-state index is 12.5. The second-order valence-corrected chi connectivity index (χ2v) is 7.99. The van der Waals surface area contributed by atoms with Crippen LogP contribution in [0, 0.1) is 0 Å². The number of aromatic nitrogens is 2. The van der Waals surface area contributed by atoms with E-state index < -0.39 is 21.6 Å². The van der Waals surface area contributed by atoms with Crippen molar-refractivity contribution in [2.24, 2.45) is 14.1 Å². The topological polar surface area (TPSA) is 102 Å². The molecular weight excluding hydrogens is 404 g/mol. The SMILES string of the molecule is Cn1c(-c2ccccc2)c(NC(=O)NS(=O)(=O)c2ccccc2Cl)c(=O)n1C. The quantitative estimate of drug-likeness (QED) is 0.677. The smallest absolute Gasteiger partial charge is 0.300 e. The molecule has 0 atom stereocenters. The molecule has 2 N–H and O–H groups in total. The van der Waals surface area contributed by atoms with E-state index in [1.54, 1.807) is 49.1 Å². The second kappa shape index (κ2) is 7.53. The number of amides is 2. The Hall–Kier alpha value is -3.04. The average Bonchev–Trinajstić information content (AvgIpc) is 2.86. The van der Waals surface area contributed by atoms with Crippen molar-refractivity contribution in [2.45, 2.75) is 4.90 Å². The zero-order valence-corrected chi connectivity index (χ0v) is 16.6. The molecular formula is C18H17ClN4O4S. The van der Waals surface area contributed by atoms with E-state index in [9.17, 15) is 18.0 Å². The molecule has 2 aromatic carbocycles. The number of nitrogens with zero attached hydrogens (tertiary/aromatic N) is 2. The van der Waals surface area contributed by atoms with Gasteiger partial charge in [-0.25, -0.2) is 17.9 Å². The van der Waals surface area contributed by atoms with Crippen LogP contribution in [0.25, 0.3) is 11.3 Å². The number of urea groups is 1. The third-order valence-electron chi connectivity index (χ3n) is 4.16. The largest absolute Gasteiger partial charge is 0.333 e. The van der Waals surface area contributed by atoms with E-state index in [1.807, 2.05) is 10.8 Å². The van der Waals surface area contributed by atoms with Gasteiger partial charge in [0.2, 0.25) is 0 Å². The Balaban J connectivity index is 1.95. The van der Waals surface area contributed by atoms with Gasteiger partial charge in [-0.2, -0.15) is 0 Å². The minimum absolute atomic E-state index is 0.0246. The van der Waals surface area contributed by atoms with E-state index in [2.05, 4.69) is 5.32 Å². The van der Waals surface area contributed by atoms with Crippen LogP contribution in [0.3, 0.4) is 0 Å². The van der Waals surface area contributed by atoms with Gasteiger partial charge < -0.3 is 5.32 Å². The number of anilines is 1. The van der Waals surface area contributed by atoms with Gasteiger partial charge >= 0.3 is 6.03 Å². The summed E-state index contributed by atoms with van der Waals surface area (Å²) in [5.41, 5.74) is 0.611. The van der Waals surface area contributed by atoms with Gasteiger partial charge in [0, 0.05) is 19.7 Å².